The highest BCUT2D eigenvalue weighted by Gasteiger charge is 2.30. The summed E-state index contributed by atoms with van der Waals surface area (Å²) in [7, 11) is 0. The van der Waals surface area contributed by atoms with Gasteiger partial charge in [0.05, 0.1) is 0 Å². The molecule has 1 N–H and O–H groups in total. The average Bonchev–Trinajstić information content (AvgIpc) is 2.80. The van der Waals surface area contributed by atoms with Crippen LogP contribution in [0.5, 0.6) is 5.75 Å². The van der Waals surface area contributed by atoms with E-state index in [2.05, 4.69) is 5.32 Å². The normalized spacial score (nSPS) is 15.2. The van der Waals surface area contributed by atoms with E-state index in [0.29, 0.717) is 12.2 Å². The lowest BCUT2D eigenvalue weighted by Gasteiger charge is -2.32. The van der Waals surface area contributed by atoms with Crippen molar-refractivity contribution in [3.8, 4) is 5.75 Å². The summed E-state index contributed by atoms with van der Waals surface area (Å²) in [4.78, 5) is 27.8. The lowest BCUT2D eigenvalue weighted by molar-refractivity contribution is -0.143. The van der Waals surface area contributed by atoms with E-state index in [0.717, 1.165) is 31.2 Å². The molecule has 2 aromatic rings. The molecule has 6 heteroatoms. The standard InChI is InChI=1S/C25H31FN2O3/c1-2-23(25(30)27-21-9-5-3-6-10-21)28(17-19-13-15-20(26)16-14-19)24(29)18-31-22-11-7-4-8-12-22/h4,7-8,11-16,21,23H,2-3,5-6,9-10,17-18H2,1H3,(H,27,30)/t23-/m0/s1. The number of para-hydroxylation sites is 1. The van der Waals surface area contributed by atoms with Crippen molar-refractivity contribution in [3.05, 3.63) is 66.0 Å². The van der Waals surface area contributed by atoms with E-state index in [4.69, 9.17) is 4.74 Å². The van der Waals surface area contributed by atoms with Crippen LogP contribution in [0.4, 0.5) is 4.39 Å². The number of benzene rings is 2. The van der Waals surface area contributed by atoms with Gasteiger partial charge in [0.15, 0.2) is 6.61 Å². The molecule has 0 radical (unpaired) electrons. The van der Waals surface area contributed by atoms with E-state index in [1.54, 1.807) is 29.2 Å². The minimum atomic E-state index is -0.612. The second-order valence-electron chi connectivity index (χ2n) is 8.02. The third kappa shape index (κ3) is 6.81. The molecule has 1 fully saturated rings. The molecule has 0 bridgehead atoms. The van der Waals surface area contributed by atoms with E-state index < -0.39 is 6.04 Å². The smallest absolute Gasteiger partial charge is 0.261 e. The van der Waals surface area contributed by atoms with Crippen LogP contribution in [0.15, 0.2) is 54.6 Å². The van der Waals surface area contributed by atoms with Gasteiger partial charge < -0.3 is 15.0 Å². The largest absolute Gasteiger partial charge is 0.484 e. The van der Waals surface area contributed by atoms with Gasteiger partial charge in [0, 0.05) is 12.6 Å². The summed E-state index contributed by atoms with van der Waals surface area (Å²) in [6.07, 6.45) is 5.87. The Balaban J connectivity index is 1.73. The summed E-state index contributed by atoms with van der Waals surface area (Å²) in [6, 6.07) is 14.7. The Labute approximate surface area is 183 Å². The van der Waals surface area contributed by atoms with E-state index in [-0.39, 0.29) is 36.8 Å². The molecular formula is C25H31FN2O3. The Morgan fingerprint density at radius 2 is 1.74 bits per heavy atom. The number of carbonyl (C=O) groups excluding carboxylic acids is 2. The maximum absolute atomic E-state index is 13.3. The number of rotatable bonds is 9. The van der Waals surface area contributed by atoms with E-state index in [1.165, 1.54) is 18.6 Å². The van der Waals surface area contributed by atoms with Gasteiger partial charge in [0.1, 0.15) is 17.6 Å². The number of ether oxygens (including phenoxy) is 1. The van der Waals surface area contributed by atoms with Crippen LogP contribution in [-0.4, -0.2) is 35.4 Å². The summed E-state index contributed by atoms with van der Waals surface area (Å²) in [5, 5.41) is 3.14. The summed E-state index contributed by atoms with van der Waals surface area (Å²) in [5.41, 5.74) is 0.762. The first-order valence-corrected chi connectivity index (χ1v) is 11.1. The van der Waals surface area contributed by atoms with Gasteiger partial charge in [0.2, 0.25) is 5.91 Å². The Morgan fingerprint density at radius 1 is 1.06 bits per heavy atom. The monoisotopic (exact) mass is 426 g/mol. The molecule has 3 rings (SSSR count). The second-order valence-corrected chi connectivity index (χ2v) is 8.02. The van der Waals surface area contributed by atoms with Crippen LogP contribution in [0.1, 0.15) is 51.0 Å². The van der Waals surface area contributed by atoms with Gasteiger partial charge in [-0.05, 0) is 49.1 Å². The SMILES string of the molecule is CC[C@@H](C(=O)NC1CCCCC1)N(Cc1ccc(F)cc1)C(=O)COc1ccccc1. The quantitative estimate of drug-likeness (QED) is 0.644. The molecule has 1 aliphatic rings. The van der Waals surface area contributed by atoms with Crippen LogP contribution in [0.25, 0.3) is 0 Å². The minimum Gasteiger partial charge on any atom is -0.484 e. The molecule has 2 amide bonds. The molecule has 0 spiro atoms. The predicted octanol–water partition coefficient (Wildman–Crippen LogP) is 4.46. The molecular weight excluding hydrogens is 395 g/mol. The van der Waals surface area contributed by atoms with E-state index >= 15 is 0 Å². The Hall–Kier alpha value is -2.89. The van der Waals surface area contributed by atoms with E-state index in [1.807, 2.05) is 25.1 Å². The van der Waals surface area contributed by atoms with E-state index in [9.17, 15) is 14.0 Å². The number of halogens is 1. The molecule has 1 aliphatic carbocycles. The zero-order valence-corrected chi connectivity index (χ0v) is 18.1. The van der Waals surface area contributed by atoms with Crippen LogP contribution in [0, 0.1) is 5.82 Å². The van der Waals surface area contributed by atoms with Crippen LogP contribution in [0.2, 0.25) is 0 Å². The van der Waals surface area contributed by atoms with Crippen molar-refractivity contribution >= 4 is 11.8 Å². The predicted molar refractivity (Wildman–Crippen MR) is 118 cm³/mol. The zero-order chi connectivity index (χ0) is 22.1. The fraction of sp³-hybridized carbons (Fsp3) is 0.440. The first kappa shape index (κ1) is 22.8. The number of hydrogen-bond acceptors (Lipinski definition) is 3. The van der Waals surface area contributed by atoms with Crippen LogP contribution in [-0.2, 0) is 16.1 Å². The molecule has 0 aliphatic heterocycles. The van der Waals surface area contributed by atoms with Gasteiger partial charge in [-0.3, -0.25) is 9.59 Å². The van der Waals surface area contributed by atoms with Crippen LogP contribution < -0.4 is 10.1 Å². The lowest BCUT2D eigenvalue weighted by atomic mass is 9.95. The van der Waals surface area contributed by atoms with Crippen molar-refractivity contribution in [2.24, 2.45) is 0 Å². The van der Waals surface area contributed by atoms with Crippen LogP contribution >= 0.6 is 0 Å². The number of amides is 2. The summed E-state index contributed by atoms with van der Waals surface area (Å²) in [5.74, 6) is -0.156. The Kier molecular flexibility index (Phi) is 8.44. The lowest BCUT2D eigenvalue weighted by Crippen LogP contribution is -2.52. The Bertz CT molecular complexity index is 836. The van der Waals surface area contributed by atoms with Crippen molar-refractivity contribution in [3.63, 3.8) is 0 Å². The molecule has 166 valence electrons. The molecule has 0 heterocycles. The van der Waals surface area contributed by atoms with Crippen molar-refractivity contribution in [1.29, 1.82) is 0 Å². The van der Waals surface area contributed by atoms with Gasteiger partial charge in [-0.1, -0.05) is 56.5 Å². The number of nitrogens with zero attached hydrogens (tertiary/aromatic N) is 1. The number of nitrogens with one attached hydrogen (secondary N) is 1. The maximum atomic E-state index is 13.3. The first-order valence-electron chi connectivity index (χ1n) is 11.1. The zero-order valence-electron chi connectivity index (χ0n) is 18.1. The molecule has 0 saturated heterocycles. The summed E-state index contributed by atoms with van der Waals surface area (Å²) >= 11 is 0. The molecule has 1 atom stereocenters. The third-order valence-electron chi connectivity index (χ3n) is 5.71. The van der Waals surface area contributed by atoms with Gasteiger partial charge in [0.25, 0.3) is 5.91 Å². The fourth-order valence-electron chi connectivity index (χ4n) is 4.00. The number of hydrogen-bond donors (Lipinski definition) is 1. The molecule has 2 aromatic carbocycles. The number of carbonyl (C=O) groups is 2. The maximum Gasteiger partial charge on any atom is 0.261 e. The van der Waals surface area contributed by atoms with Crippen molar-refractivity contribution in [2.45, 2.75) is 64.1 Å². The highest BCUT2D eigenvalue weighted by molar-refractivity contribution is 5.88. The summed E-state index contributed by atoms with van der Waals surface area (Å²) in [6.45, 7) is 1.94. The van der Waals surface area contributed by atoms with Gasteiger partial charge in [-0.2, -0.15) is 0 Å². The van der Waals surface area contributed by atoms with Gasteiger partial charge >= 0.3 is 0 Å². The topological polar surface area (TPSA) is 58.6 Å². The first-order chi connectivity index (χ1) is 15.1. The van der Waals surface area contributed by atoms with Crippen molar-refractivity contribution in [1.82, 2.24) is 10.2 Å². The highest BCUT2D eigenvalue weighted by Crippen LogP contribution is 2.19. The van der Waals surface area contributed by atoms with Crippen LogP contribution in [0.3, 0.4) is 0 Å². The fourth-order valence-corrected chi connectivity index (χ4v) is 4.00. The highest BCUT2D eigenvalue weighted by atomic mass is 19.1. The van der Waals surface area contributed by atoms with Crippen molar-refractivity contribution < 1.29 is 18.7 Å². The minimum absolute atomic E-state index is 0.135. The summed E-state index contributed by atoms with van der Waals surface area (Å²) < 4.78 is 19.0. The molecule has 0 aromatic heterocycles. The molecule has 31 heavy (non-hydrogen) atoms. The molecule has 0 unspecified atom stereocenters. The average molecular weight is 427 g/mol. The van der Waals surface area contributed by atoms with Gasteiger partial charge in [-0.25, -0.2) is 4.39 Å². The molecule has 1 saturated carbocycles. The Morgan fingerprint density at radius 3 is 2.39 bits per heavy atom. The van der Waals surface area contributed by atoms with Crippen molar-refractivity contribution in [2.75, 3.05) is 6.61 Å². The third-order valence-corrected chi connectivity index (χ3v) is 5.71. The van der Waals surface area contributed by atoms with Gasteiger partial charge in [-0.15, -0.1) is 0 Å². The second kappa shape index (κ2) is 11.5. The molecule has 5 nitrogen and oxygen atoms in total.